The Morgan fingerprint density at radius 1 is 1.20 bits per heavy atom. The van der Waals surface area contributed by atoms with Crippen molar-refractivity contribution >= 4 is 0 Å². The van der Waals surface area contributed by atoms with Gasteiger partial charge >= 0.3 is 0 Å². The topological polar surface area (TPSA) is 21.3 Å². The summed E-state index contributed by atoms with van der Waals surface area (Å²) >= 11 is 0. The molecule has 1 aromatic carbocycles. The highest BCUT2D eigenvalue weighted by atomic mass is 16.5. The van der Waals surface area contributed by atoms with Crippen molar-refractivity contribution in [3.8, 4) is 5.75 Å². The molecule has 1 aliphatic rings. The van der Waals surface area contributed by atoms with Crippen LogP contribution in [0.4, 0.5) is 0 Å². The molecular formula is C18H29NO. The largest absolute Gasteiger partial charge is 0.493 e. The number of nitrogens with one attached hydrogen (secondary N) is 1. The van der Waals surface area contributed by atoms with Crippen molar-refractivity contribution in [2.24, 2.45) is 0 Å². The number of unbranched alkanes of at least 4 members (excludes halogenated alkanes) is 3. The number of hydrogen-bond donors (Lipinski definition) is 1. The van der Waals surface area contributed by atoms with Crippen molar-refractivity contribution in [2.45, 2.75) is 71.4 Å². The Balaban J connectivity index is 1.80. The monoisotopic (exact) mass is 275 g/mol. The van der Waals surface area contributed by atoms with Crippen LogP contribution in [-0.2, 0) is 6.42 Å². The smallest absolute Gasteiger partial charge is 0.122 e. The van der Waals surface area contributed by atoms with Gasteiger partial charge in [-0.1, -0.05) is 44.7 Å². The molecule has 2 atom stereocenters. The Hall–Kier alpha value is -1.02. The maximum atomic E-state index is 5.57. The van der Waals surface area contributed by atoms with E-state index in [1.54, 1.807) is 0 Å². The van der Waals surface area contributed by atoms with Gasteiger partial charge in [0.25, 0.3) is 0 Å². The molecule has 1 aliphatic heterocycles. The van der Waals surface area contributed by atoms with E-state index in [1.807, 2.05) is 0 Å². The molecule has 0 radical (unpaired) electrons. The second-order valence-electron chi connectivity index (χ2n) is 6.10. The maximum absolute atomic E-state index is 5.57. The molecule has 0 fully saturated rings. The van der Waals surface area contributed by atoms with Gasteiger partial charge in [-0.25, -0.2) is 0 Å². The average Bonchev–Trinajstić information content (AvgIpc) is 2.90. The Bertz CT molecular complexity index is 416. The molecule has 0 amide bonds. The zero-order valence-electron chi connectivity index (χ0n) is 13.2. The Morgan fingerprint density at radius 3 is 2.85 bits per heavy atom. The zero-order chi connectivity index (χ0) is 14.4. The number of rotatable bonds is 8. The summed E-state index contributed by atoms with van der Waals surface area (Å²) in [7, 11) is 0. The van der Waals surface area contributed by atoms with Gasteiger partial charge in [0.05, 0.1) is 6.61 Å². The summed E-state index contributed by atoms with van der Waals surface area (Å²) in [5, 5.41) is 3.72. The number of hydrogen-bond acceptors (Lipinski definition) is 2. The average molecular weight is 275 g/mol. The third-order valence-electron chi connectivity index (χ3n) is 4.24. The first-order valence-corrected chi connectivity index (χ1v) is 8.22. The highest BCUT2D eigenvalue weighted by Gasteiger charge is 2.15. The first-order chi connectivity index (χ1) is 9.70. The van der Waals surface area contributed by atoms with E-state index in [2.05, 4.69) is 44.3 Å². The quantitative estimate of drug-likeness (QED) is 0.698. The van der Waals surface area contributed by atoms with Gasteiger partial charge < -0.3 is 10.1 Å². The minimum Gasteiger partial charge on any atom is -0.493 e. The van der Waals surface area contributed by atoms with Crippen molar-refractivity contribution in [2.75, 3.05) is 6.61 Å². The van der Waals surface area contributed by atoms with E-state index in [-0.39, 0.29) is 0 Å². The van der Waals surface area contributed by atoms with Crippen LogP contribution in [0, 0.1) is 0 Å². The minimum absolute atomic E-state index is 0.419. The van der Waals surface area contributed by atoms with Gasteiger partial charge in [-0.2, -0.15) is 0 Å². The Labute approximate surface area is 123 Å². The summed E-state index contributed by atoms with van der Waals surface area (Å²) in [6.07, 6.45) is 7.73. The normalized spacial score (nSPS) is 16.6. The second kappa shape index (κ2) is 7.68. The van der Waals surface area contributed by atoms with E-state index >= 15 is 0 Å². The molecule has 0 saturated carbocycles. The van der Waals surface area contributed by atoms with Gasteiger partial charge in [-0.3, -0.25) is 0 Å². The van der Waals surface area contributed by atoms with Crippen LogP contribution in [-0.4, -0.2) is 12.6 Å². The van der Waals surface area contributed by atoms with Crippen molar-refractivity contribution in [3.05, 3.63) is 29.3 Å². The third kappa shape index (κ3) is 4.24. The molecular weight excluding hydrogens is 246 g/mol. The standard InChI is InChI=1S/C18H29NO/c1-4-5-6-7-8-14(2)19-15(3)16-9-10-18-17(13-16)11-12-20-18/h9-10,13-15,19H,4-8,11-12H2,1-3H3. The summed E-state index contributed by atoms with van der Waals surface area (Å²) in [5.74, 6) is 1.08. The van der Waals surface area contributed by atoms with Crippen molar-refractivity contribution < 1.29 is 4.74 Å². The zero-order valence-corrected chi connectivity index (χ0v) is 13.2. The van der Waals surface area contributed by atoms with Gasteiger partial charge in [-0.15, -0.1) is 0 Å². The predicted octanol–water partition coefficient (Wildman–Crippen LogP) is 4.63. The van der Waals surface area contributed by atoms with Crippen molar-refractivity contribution in [3.63, 3.8) is 0 Å². The molecule has 0 aromatic heterocycles. The fourth-order valence-corrected chi connectivity index (χ4v) is 2.96. The molecule has 1 aromatic rings. The summed E-state index contributed by atoms with van der Waals surface area (Å²) in [6.45, 7) is 7.68. The lowest BCUT2D eigenvalue weighted by Crippen LogP contribution is -2.28. The second-order valence-corrected chi connectivity index (χ2v) is 6.10. The lowest BCUT2D eigenvalue weighted by Gasteiger charge is -2.21. The minimum atomic E-state index is 0.419. The van der Waals surface area contributed by atoms with E-state index < -0.39 is 0 Å². The van der Waals surface area contributed by atoms with E-state index in [4.69, 9.17) is 4.74 Å². The third-order valence-corrected chi connectivity index (χ3v) is 4.24. The molecule has 1 heterocycles. The molecule has 2 nitrogen and oxygen atoms in total. The van der Waals surface area contributed by atoms with Crippen LogP contribution in [0.2, 0.25) is 0 Å². The van der Waals surface area contributed by atoms with E-state index in [9.17, 15) is 0 Å². The van der Waals surface area contributed by atoms with E-state index in [0.29, 0.717) is 12.1 Å². The van der Waals surface area contributed by atoms with Crippen LogP contribution >= 0.6 is 0 Å². The van der Waals surface area contributed by atoms with Crippen LogP contribution in [0.25, 0.3) is 0 Å². The number of fused-ring (bicyclic) bond motifs is 1. The lowest BCUT2D eigenvalue weighted by molar-refractivity contribution is 0.356. The Morgan fingerprint density at radius 2 is 2.05 bits per heavy atom. The highest BCUT2D eigenvalue weighted by Crippen LogP contribution is 2.28. The van der Waals surface area contributed by atoms with Crippen molar-refractivity contribution in [1.29, 1.82) is 0 Å². The molecule has 2 rings (SSSR count). The van der Waals surface area contributed by atoms with Gasteiger partial charge in [0.1, 0.15) is 5.75 Å². The predicted molar refractivity (Wildman–Crippen MR) is 85.4 cm³/mol. The molecule has 0 bridgehead atoms. The summed E-state index contributed by atoms with van der Waals surface area (Å²) in [4.78, 5) is 0. The fraction of sp³-hybridized carbons (Fsp3) is 0.667. The van der Waals surface area contributed by atoms with Crippen molar-refractivity contribution in [1.82, 2.24) is 5.32 Å². The highest BCUT2D eigenvalue weighted by molar-refractivity contribution is 5.40. The summed E-state index contributed by atoms with van der Waals surface area (Å²) < 4.78 is 5.57. The molecule has 0 aliphatic carbocycles. The lowest BCUT2D eigenvalue weighted by atomic mass is 10.0. The van der Waals surface area contributed by atoms with Gasteiger partial charge in [-0.05, 0) is 37.5 Å². The van der Waals surface area contributed by atoms with Crippen LogP contribution in [0.3, 0.4) is 0 Å². The number of benzene rings is 1. The Kier molecular flexibility index (Phi) is 5.90. The molecule has 1 N–H and O–H groups in total. The first-order valence-electron chi connectivity index (χ1n) is 8.22. The summed E-state index contributed by atoms with van der Waals surface area (Å²) in [5.41, 5.74) is 2.75. The van der Waals surface area contributed by atoms with Gasteiger partial charge in [0, 0.05) is 18.5 Å². The van der Waals surface area contributed by atoms with Crippen LogP contribution in [0.1, 0.15) is 70.0 Å². The SMILES string of the molecule is CCCCCCC(C)NC(C)c1ccc2c(c1)CCO2. The van der Waals surface area contributed by atoms with Gasteiger partial charge in [0.2, 0.25) is 0 Å². The molecule has 0 spiro atoms. The molecule has 2 unspecified atom stereocenters. The van der Waals surface area contributed by atoms with Gasteiger partial charge in [0.15, 0.2) is 0 Å². The fourth-order valence-electron chi connectivity index (χ4n) is 2.96. The van der Waals surface area contributed by atoms with Crippen LogP contribution < -0.4 is 10.1 Å². The van der Waals surface area contributed by atoms with E-state index in [1.165, 1.54) is 43.2 Å². The number of ether oxygens (including phenoxy) is 1. The van der Waals surface area contributed by atoms with E-state index in [0.717, 1.165) is 18.8 Å². The molecule has 2 heteroatoms. The molecule has 20 heavy (non-hydrogen) atoms. The summed E-state index contributed by atoms with van der Waals surface area (Å²) in [6, 6.07) is 7.64. The molecule has 0 saturated heterocycles. The maximum Gasteiger partial charge on any atom is 0.122 e. The van der Waals surface area contributed by atoms with Crippen LogP contribution in [0.15, 0.2) is 18.2 Å². The molecule has 112 valence electrons. The first kappa shape index (κ1) is 15.4. The van der Waals surface area contributed by atoms with Crippen LogP contribution in [0.5, 0.6) is 5.75 Å².